The fraction of sp³-hybridized carbons (Fsp3) is 0.562. The van der Waals surface area contributed by atoms with Crippen molar-refractivity contribution in [3.05, 3.63) is 29.8 Å². The van der Waals surface area contributed by atoms with Gasteiger partial charge in [-0.25, -0.2) is 4.79 Å². The molecule has 0 N–H and O–H groups in total. The van der Waals surface area contributed by atoms with E-state index in [1.807, 2.05) is 39.0 Å². The highest BCUT2D eigenvalue weighted by Crippen LogP contribution is 2.42. The van der Waals surface area contributed by atoms with E-state index in [1.54, 1.807) is 4.90 Å². The number of hydrogen-bond acceptors (Lipinski definition) is 3. The summed E-state index contributed by atoms with van der Waals surface area (Å²) in [7, 11) is 0. The van der Waals surface area contributed by atoms with Gasteiger partial charge in [-0.1, -0.05) is 18.2 Å². The van der Waals surface area contributed by atoms with Crippen LogP contribution in [-0.2, 0) is 4.74 Å². The van der Waals surface area contributed by atoms with Crippen LogP contribution in [0.3, 0.4) is 0 Å². The summed E-state index contributed by atoms with van der Waals surface area (Å²) in [6, 6.07) is 8.17. The number of nitrogens with zero attached hydrogens (tertiary/aromatic N) is 1. The van der Waals surface area contributed by atoms with Gasteiger partial charge in [0, 0.05) is 18.0 Å². The minimum Gasteiger partial charge on any atom is -0.488 e. The Morgan fingerprint density at radius 2 is 2.10 bits per heavy atom. The summed E-state index contributed by atoms with van der Waals surface area (Å²) < 4.78 is 11.4. The van der Waals surface area contributed by atoms with Gasteiger partial charge < -0.3 is 14.4 Å². The van der Waals surface area contributed by atoms with Gasteiger partial charge in [-0.2, -0.15) is 0 Å². The lowest BCUT2D eigenvalue weighted by Gasteiger charge is -2.35. The highest BCUT2D eigenvalue weighted by molar-refractivity contribution is 5.68. The maximum absolute atomic E-state index is 12.1. The van der Waals surface area contributed by atoms with Crippen LogP contribution in [0.15, 0.2) is 24.3 Å². The number of rotatable bonds is 0. The summed E-state index contributed by atoms with van der Waals surface area (Å²) in [6.45, 7) is 7.00. The third-order valence-corrected chi connectivity index (χ3v) is 3.81. The molecule has 20 heavy (non-hydrogen) atoms. The molecule has 2 aliphatic rings. The minimum atomic E-state index is -0.451. The van der Waals surface area contributed by atoms with Gasteiger partial charge in [0.25, 0.3) is 0 Å². The second-order valence-corrected chi connectivity index (χ2v) is 6.52. The second kappa shape index (κ2) is 4.69. The van der Waals surface area contributed by atoms with E-state index < -0.39 is 5.60 Å². The topological polar surface area (TPSA) is 38.8 Å². The van der Waals surface area contributed by atoms with E-state index in [0.29, 0.717) is 12.5 Å². The number of likely N-dealkylation sites (tertiary alicyclic amines) is 1. The first-order valence-electron chi connectivity index (χ1n) is 7.17. The molecule has 1 aromatic rings. The van der Waals surface area contributed by atoms with Gasteiger partial charge in [0.2, 0.25) is 0 Å². The Morgan fingerprint density at radius 3 is 2.85 bits per heavy atom. The Hall–Kier alpha value is -1.71. The van der Waals surface area contributed by atoms with Crippen molar-refractivity contribution in [1.82, 2.24) is 4.90 Å². The average molecular weight is 275 g/mol. The van der Waals surface area contributed by atoms with Crippen LogP contribution >= 0.6 is 0 Å². The zero-order valence-electron chi connectivity index (χ0n) is 12.3. The van der Waals surface area contributed by atoms with Crippen molar-refractivity contribution in [3.63, 3.8) is 0 Å². The summed E-state index contributed by atoms with van der Waals surface area (Å²) in [5, 5.41) is 0. The third kappa shape index (κ3) is 2.47. The Labute approximate surface area is 119 Å². The lowest BCUT2D eigenvalue weighted by Crippen LogP contribution is -2.47. The maximum atomic E-state index is 12.1. The van der Waals surface area contributed by atoms with Gasteiger partial charge in [0.05, 0.1) is 6.54 Å². The van der Waals surface area contributed by atoms with E-state index in [4.69, 9.17) is 9.47 Å². The molecule has 4 heteroatoms. The number of piperidine rings is 1. The number of hydrogen-bond donors (Lipinski definition) is 0. The standard InChI is InChI=1S/C16H21NO3/c1-16(2,3)20-15(18)17-9-8-12-11-6-4-5-7-13(11)19-14(12)10-17/h4-7,12,14H,8-10H2,1-3H3. The minimum absolute atomic E-state index is 0.0636. The Balaban J connectivity index is 1.68. The molecule has 4 nitrogen and oxygen atoms in total. The van der Waals surface area contributed by atoms with Crippen molar-refractivity contribution in [1.29, 1.82) is 0 Å². The van der Waals surface area contributed by atoms with Crippen LogP contribution in [0.25, 0.3) is 0 Å². The largest absolute Gasteiger partial charge is 0.488 e. The molecule has 0 saturated carbocycles. The first kappa shape index (κ1) is 13.3. The number of benzene rings is 1. The quantitative estimate of drug-likeness (QED) is 0.730. The van der Waals surface area contributed by atoms with Gasteiger partial charge in [0.1, 0.15) is 17.5 Å². The highest BCUT2D eigenvalue weighted by Gasteiger charge is 2.40. The second-order valence-electron chi connectivity index (χ2n) is 6.52. The summed E-state index contributed by atoms with van der Waals surface area (Å²) in [5.74, 6) is 1.37. The summed E-state index contributed by atoms with van der Waals surface area (Å²) in [4.78, 5) is 13.9. The number of para-hydroxylation sites is 1. The molecule has 2 aliphatic heterocycles. The Morgan fingerprint density at radius 1 is 1.35 bits per heavy atom. The van der Waals surface area contributed by atoms with E-state index in [-0.39, 0.29) is 12.2 Å². The average Bonchev–Trinajstić information content (AvgIpc) is 2.74. The number of carbonyl (C=O) groups is 1. The Bertz CT molecular complexity index is 521. The first-order valence-corrected chi connectivity index (χ1v) is 7.17. The molecule has 0 spiro atoms. The maximum Gasteiger partial charge on any atom is 0.410 e. The van der Waals surface area contributed by atoms with Crippen molar-refractivity contribution in [2.24, 2.45) is 0 Å². The van der Waals surface area contributed by atoms with Crippen molar-refractivity contribution in [3.8, 4) is 5.75 Å². The van der Waals surface area contributed by atoms with Gasteiger partial charge in [-0.15, -0.1) is 0 Å². The van der Waals surface area contributed by atoms with Crippen LogP contribution in [0.5, 0.6) is 5.75 Å². The lowest BCUT2D eigenvalue weighted by atomic mass is 9.89. The molecule has 1 fully saturated rings. The van der Waals surface area contributed by atoms with Gasteiger partial charge in [0.15, 0.2) is 0 Å². The van der Waals surface area contributed by atoms with E-state index >= 15 is 0 Å². The van der Waals surface area contributed by atoms with Gasteiger partial charge in [-0.05, 0) is 33.3 Å². The summed E-state index contributed by atoms with van der Waals surface area (Å²) in [6.07, 6.45) is 0.755. The van der Waals surface area contributed by atoms with Crippen LogP contribution in [0, 0.1) is 0 Å². The normalized spacial score (nSPS) is 24.6. The molecule has 0 aliphatic carbocycles. The summed E-state index contributed by atoms with van der Waals surface area (Å²) in [5.41, 5.74) is 0.828. The molecular weight excluding hydrogens is 254 g/mol. The molecule has 1 aromatic carbocycles. The van der Waals surface area contributed by atoms with E-state index in [2.05, 4.69) is 6.07 Å². The lowest BCUT2D eigenvalue weighted by molar-refractivity contribution is 0.00790. The first-order chi connectivity index (χ1) is 9.44. The molecule has 3 rings (SSSR count). The predicted octanol–water partition coefficient (Wildman–Crippen LogP) is 3.17. The predicted molar refractivity (Wildman–Crippen MR) is 76.0 cm³/mol. The number of amides is 1. The molecule has 1 amide bonds. The molecule has 108 valence electrons. The molecule has 0 bridgehead atoms. The highest BCUT2D eigenvalue weighted by atomic mass is 16.6. The summed E-state index contributed by atoms with van der Waals surface area (Å²) >= 11 is 0. The zero-order chi connectivity index (χ0) is 14.3. The van der Waals surface area contributed by atoms with Crippen molar-refractivity contribution >= 4 is 6.09 Å². The van der Waals surface area contributed by atoms with E-state index in [0.717, 1.165) is 18.7 Å². The SMILES string of the molecule is CC(C)(C)OC(=O)N1CCC2c3ccccc3OC2C1. The van der Waals surface area contributed by atoms with Crippen molar-refractivity contribution in [2.45, 2.75) is 44.8 Å². The number of fused-ring (bicyclic) bond motifs is 3. The monoisotopic (exact) mass is 275 g/mol. The molecule has 2 unspecified atom stereocenters. The molecular formula is C16H21NO3. The fourth-order valence-corrected chi connectivity index (χ4v) is 2.94. The molecule has 0 radical (unpaired) electrons. The van der Waals surface area contributed by atoms with Crippen LogP contribution < -0.4 is 4.74 Å². The van der Waals surface area contributed by atoms with Crippen LogP contribution in [0.2, 0.25) is 0 Å². The smallest absolute Gasteiger partial charge is 0.410 e. The van der Waals surface area contributed by atoms with E-state index in [1.165, 1.54) is 5.56 Å². The molecule has 2 heterocycles. The molecule has 2 atom stereocenters. The number of ether oxygens (including phenoxy) is 2. The number of carbonyl (C=O) groups excluding carboxylic acids is 1. The van der Waals surface area contributed by atoms with Crippen LogP contribution in [-0.4, -0.2) is 35.8 Å². The van der Waals surface area contributed by atoms with Gasteiger partial charge >= 0.3 is 6.09 Å². The van der Waals surface area contributed by atoms with Crippen LogP contribution in [0.4, 0.5) is 4.79 Å². The van der Waals surface area contributed by atoms with Crippen molar-refractivity contribution < 1.29 is 14.3 Å². The fourth-order valence-electron chi connectivity index (χ4n) is 2.94. The molecule has 0 aromatic heterocycles. The van der Waals surface area contributed by atoms with Crippen LogP contribution in [0.1, 0.15) is 38.7 Å². The van der Waals surface area contributed by atoms with Crippen molar-refractivity contribution in [2.75, 3.05) is 13.1 Å². The van der Waals surface area contributed by atoms with E-state index in [9.17, 15) is 4.79 Å². The zero-order valence-corrected chi connectivity index (χ0v) is 12.3. The Kier molecular flexibility index (Phi) is 3.11. The van der Waals surface area contributed by atoms with Gasteiger partial charge in [-0.3, -0.25) is 0 Å². The molecule has 1 saturated heterocycles. The third-order valence-electron chi connectivity index (χ3n) is 3.81.